The van der Waals surface area contributed by atoms with Crippen LogP contribution in [0.15, 0.2) is 170 Å². The van der Waals surface area contributed by atoms with Crippen LogP contribution in [0.25, 0.3) is 67.8 Å². The van der Waals surface area contributed by atoms with E-state index in [2.05, 4.69) is 41.2 Å². The van der Waals surface area contributed by atoms with E-state index in [-0.39, 0.29) is 57.5 Å². The van der Waals surface area contributed by atoms with Gasteiger partial charge in [-0.15, -0.1) is 20.4 Å². The molecule has 0 atom stereocenters. The van der Waals surface area contributed by atoms with Crippen molar-refractivity contribution in [3.05, 3.63) is 239 Å². The van der Waals surface area contributed by atoms with E-state index in [9.17, 15) is 60.0 Å². The molecule has 0 spiro atoms. The zero-order valence-corrected chi connectivity index (χ0v) is 71.8. The molecular weight excluding hydrogens is 1690 g/mol. The van der Waals surface area contributed by atoms with Gasteiger partial charge >= 0.3 is 0 Å². The van der Waals surface area contributed by atoms with Crippen LogP contribution in [0.5, 0.6) is 23.0 Å². The highest BCUT2D eigenvalue weighted by atomic mass is 32.2. The highest BCUT2D eigenvalue weighted by molar-refractivity contribution is 7.91. The summed E-state index contributed by atoms with van der Waals surface area (Å²) in [7, 11) is -12.4. The molecule has 26 nitrogen and oxygen atoms in total. The monoisotopic (exact) mass is 1780 g/mol. The third kappa shape index (κ3) is 25.9. The van der Waals surface area contributed by atoms with Crippen molar-refractivity contribution in [2.75, 3.05) is 63.2 Å². The number of hydrogen-bond acceptors (Lipinski definition) is 22. The Morgan fingerprint density at radius 1 is 0.390 bits per heavy atom. The van der Waals surface area contributed by atoms with Gasteiger partial charge in [-0.05, 0) is 119 Å². The molecule has 1 aliphatic rings. The van der Waals surface area contributed by atoms with E-state index in [1.54, 1.807) is 120 Å². The second-order valence-electron chi connectivity index (χ2n) is 28.5. The van der Waals surface area contributed by atoms with Crippen LogP contribution in [0.2, 0.25) is 0 Å². The van der Waals surface area contributed by atoms with Crippen LogP contribution in [-0.4, -0.2) is 169 Å². The Balaban J connectivity index is 0.000000172. The third-order valence-electron chi connectivity index (χ3n) is 18.3. The Morgan fingerprint density at radius 2 is 0.683 bits per heavy atom. The van der Waals surface area contributed by atoms with Crippen molar-refractivity contribution in [2.45, 2.75) is 122 Å². The van der Waals surface area contributed by atoms with E-state index in [0.717, 1.165) is 80.1 Å². The fourth-order valence-corrected chi connectivity index (χ4v) is 18.6. The molecule has 1 fully saturated rings. The lowest BCUT2D eigenvalue weighted by molar-refractivity contribution is 0.0256. The zero-order chi connectivity index (χ0) is 88.8. The maximum Gasteiger partial charge on any atom is 0.156 e. The van der Waals surface area contributed by atoms with Gasteiger partial charge in [0.1, 0.15) is 81.2 Å². The summed E-state index contributed by atoms with van der Waals surface area (Å²) in [6.07, 6.45) is 8.91. The molecule has 0 saturated carbocycles. The smallest absolute Gasteiger partial charge is 0.156 e. The van der Waals surface area contributed by atoms with E-state index in [1.807, 2.05) is 32.9 Å². The number of halogens is 8. The Morgan fingerprint density at radius 3 is 0.984 bits per heavy atom. The van der Waals surface area contributed by atoms with Gasteiger partial charge in [0, 0.05) is 64.5 Å². The summed E-state index contributed by atoms with van der Waals surface area (Å²) in [5, 5.41) is 31.4. The Labute approximate surface area is 707 Å². The van der Waals surface area contributed by atoms with Gasteiger partial charge in [-0.25, -0.2) is 87.5 Å². The first-order valence-electron chi connectivity index (χ1n) is 39.2. The largest absolute Gasteiger partial charge is 0.494 e. The van der Waals surface area contributed by atoms with Gasteiger partial charge in [0.2, 0.25) is 0 Å². The number of ether oxygens (including phenoxy) is 6. The average Bonchev–Trinajstić information content (AvgIpc) is 1.75. The zero-order valence-electron chi connectivity index (χ0n) is 68.5. The van der Waals surface area contributed by atoms with E-state index in [4.69, 9.17) is 28.4 Å². The van der Waals surface area contributed by atoms with Crippen molar-refractivity contribution in [2.24, 2.45) is 0 Å². The van der Waals surface area contributed by atoms with Crippen molar-refractivity contribution in [3.63, 3.8) is 0 Å². The third-order valence-corrected chi connectivity index (χ3v) is 25.4. The molecule has 0 amide bonds. The van der Waals surface area contributed by atoms with Crippen molar-refractivity contribution < 1.29 is 97.2 Å². The number of aromatic nitrogens is 12. The van der Waals surface area contributed by atoms with Crippen molar-refractivity contribution in [1.82, 2.24) is 60.0 Å². The number of nitrogens with zero attached hydrogens (tertiary/aromatic N) is 12. The highest BCUT2D eigenvalue weighted by Crippen LogP contribution is 2.34. The molecule has 13 rings (SSSR count). The topological polar surface area (TPSA) is 315 Å². The molecule has 12 aromatic rings. The molecule has 1 aliphatic heterocycles. The molecule has 0 unspecified atom stereocenters. The minimum Gasteiger partial charge on any atom is -0.494 e. The summed E-state index contributed by atoms with van der Waals surface area (Å²) in [5.41, 5.74) is 1.92. The lowest BCUT2D eigenvalue weighted by Gasteiger charge is -2.23. The average molecular weight is 1790 g/mol. The number of rotatable bonds is 34. The number of methoxy groups -OCH3 is 1. The Bertz CT molecular complexity index is 6090. The van der Waals surface area contributed by atoms with Crippen LogP contribution in [-0.2, 0) is 71.8 Å². The molecule has 4 aromatic heterocycles. The minimum atomic E-state index is -3.50. The molecule has 38 heteroatoms. The summed E-state index contributed by atoms with van der Waals surface area (Å²) in [5.74, 6) is -7.13. The van der Waals surface area contributed by atoms with Crippen molar-refractivity contribution >= 4 is 39.3 Å². The molecule has 656 valence electrons. The second kappa shape index (κ2) is 43.1. The van der Waals surface area contributed by atoms with Crippen molar-refractivity contribution in [3.8, 4) is 90.8 Å². The molecule has 5 heterocycles. The standard InChI is InChI=1S/C23H25F2N3O4S.C21H23F2N3O4S.C21H23F2N3O3S.C20H21F2N3O3S/c1-2-12-33(29,30)15-17-6-7-20(24)23(22(17)25)28-14-21(26-27-28)16-4-3-5-19(13-16)32-18-8-10-31-11-9-18;1-3-11-31(27,28)14-16-7-8-18(22)21(20(16)23)26-13-19(24-25-26)15-5-4-6-17(12-15)30-10-9-29-2;1-4-10-30(27,28)13-16-8-9-18(22)21(20(16)23)26-12-19(24-25-26)15-6-5-7-17(11-15)29-14(2)3;1-3-10-29(26,27)13-15-8-9-17(21)20(19(15)22)25-12-18(23-24-25)14-6-5-7-16(11-14)28-4-2/h3-7,13-14,18H,2,8-12,15H2,1H3;4-8,12-13H,3,9-11,14H2,1-2H3;5-9,11-12,14H,4,10,13H2,1-3H3;5-9,11-12H,3-4,10,13H2,1-2H3. The molecule has 0 N–H and O–H groups in total. The van der Waals surface area contributed by atoms with E-state index >= 15 is 8.78 Å². The van der Waals surface area contributed by atoms with Crippen LogP contribution < -0.4 is 18.9 Å². The minimum absolute atomic E-state index is 0.00847. The first-order chi connectivity index (χ1) is 58.7. The summed E-state index contributed by atoms with van der Waals surface area (Å²) < 4.78 is 251. The number of benzene rings is 8. The van der Waals surface area contributed by atoms with Crippen molar-refractivity contribution in [1.29, 1.82) is 0 Å². The van der Waals surface area contributed by atoms with Gasteiger partial charge in [0.05, 0.1) is 103 Å². The molecule has 123 heavy (non-hydrogen) atoms. The van der Waals surface area contributed by atoms with Crippen LogP contribution in [0.4, 0.5) is 35.1 Å². The van der Waals surface area contributed by atoms with Gasteiger partial charge in [-0.3, -0.25) is 0 Å². The maximum absolute atomic E-state index is 15.1. The Kier molecular flexibility index (Phi) is 32.9. The lowest BCUT2D eigenvalue weighted by atomic mass is 10.1. The SMILES string of the molecule is CCCS(=O)(=O)Cc1ccc(F)c(-n2cc(-c3cccc(OC(C)C)c3)nn2)c1F.CCCS(=O)(=O)Cc1ccc(F)c(-n2cc(-c3cccc(OC4CCOCC4)c3)nn2)c1F.CCCS(=O)(=O)Cc1ccc(F)c(-n2cc(-c3cccc(OCC)c3)nn2)c1F.CCCS(=O)(=O)Cc1ccc(F)c(-n2cc(-c3cccc(OCCOC)c3)nn2)c1F. The van der Waals surface area contributed by atoms with Crippen LogP contribution in [0, 0.1) is 46.5 Å². The van der Waals surface area contributed by atoms with Gasteiger partial charge < -0.3 is 28.4 Å². The number of hydrogen-bond donors (Lipinski definition) is 0. The molecule has 0 radical (unpaired) electrons. The molecule has 8 aromatic carbocycles. The number of sulfone groups is 4. The Hall–Kier alpha value is -11.3. The van der Waals surface area contributed by atoms with Gasteiger partial charge in [-0.2, -0.15) is 0 Å². The lowest BCUT2D eigenvalue weighted by Crippen LogP contribution is -2.25. The van der Waals surface area contributed by atoms with Gasteiger partial charge in [-0.1, -0.05) is 121 Å². The second-order valence-corrected chi connectivity index (χ2v) is 37.3. The van der Waals surface area contributed by atoms with Gasteiger partial charge in [0.15, 0.2) is 85.9 Å². The van der Waals surface area contributed by atoms with Crippen LogP contribution in [0.3, 0.4) is 0 Å². The van der Waals surface area contributed by atoms with E-state index in [1.165, 1.54) is 24.8 Å². The fraction of sp³-hybridized carbons (Fsp3) is 0.341. The summed E-state index contributed by atoms with van der Waals surface area (Å²) in [6, 6.07) is 37.2. The normalized spacial score (nSPS) is 12.6. The maximum atomic E-state index is 15.1. The molecule has 0 aliphatic carbocycles. The molecular formula is C85H92F8N12O14S4. The highest BCUT2D eigenvalue weighted by Gasteiger charge is 2.28. The van der Waals surface area contributed by atoms with Gasteiger partial charge in [0.25, 0.3) is 0 Å². The summed E-state index contributed by atoms with van der Waals surface area (Å²) in [6.45, 7) is 15.2. The quantitative estimate of drug-likeness (QED) is 0.0267. The first kappa shape index (κ1) is 93.9. The molecule has 0 bridgehead atoms. The summed E-state index contributed by atoms with van der Waals surface area (Å²) >= 11 is 0. The van der Waals surface area contributed by atoms with Crippen LogP contribution in [0.1, 0.15) is 109 Å². The first-order valence-corrected chi connectivity index (χ1v) is 46.5. The fourth-order valence-electron chi connectivity index (χ4n) is 12.7. The predicted octanol–water partition coefficient (Wildman–Crippen LogP) is 15.9. The van der Waals surface area contributed by atoms with Crippen LogP contribution >= 0.6 is 0 Å². The predicted molar refractivity (Wildman–Crippen MR) is 447 cm³/mol. The van der Waals surface area contributed by atoms with E-state index in [0.29, 0.717) is 127 Å². The molecule has 1 saturated heterocycles. The van der Waals surface area contributed by atoms with E-state index < -0.39 is 132 Å². The summed E-state index contributed by atoms with van der Waals surface area (Å²) in [4.78, 5) is 0.